The minimum absolute atomic E-state index is 0.0270. The molecule has 0 bridgehead atoms. The minimum Gasteiger partial charge on any atom is -0.311 e. The predicted octanol–water partition coefficient (Wildman–Crippen LogP) is 2.28. The molecule has 22 heavy (non-hydrogen) atoms. The maximum absolute atomic E-state index is 12.1. The fourth-order valence-corrected chi connectivity index (χ4v) is 2.81. The fraction of sp³-hybridized carbons (Fsp3) is 0.533. The molecule has 2 aromatic heterocycles. The van der Waals surface area contributed by atoms with Crippen LogP contribution in [-0.4, -0.2) is 20.3 Å². The first-order chi connectivity index (χ1) is 10.2. The van der Waals surface area contributed by atoms with Crippen molar-refractivity contribution < 1.29 is 4.79 Å². The summed E-state index contributed by atoms with van der Waals surface area (Å²) in [6.45, 7) is 8.49. The zero-order valence-corrected chi connectivity index (χ0v) is 14.5. The zero-order chi connectivity index (χ0) is 16.5. The molecule has 0 radical (unpaired) electrons. The number of aromatic nitrogens is 3. The van der Waals surface area contributed by atoms with Gasteiger partial charge in [0.05, 0.1) is 5.69 Å². The van der Waals surface area contributed by atoms with Crippen molar-refractivity contribution in [2.45, 2.75) is 46.1 Å². The van der Waals surface area contributed by atoms with E-state index < -0.39 is 0 Å². The standard InChI is InChI=1S/C15H22N4O2S/c1-10-9-22-14(21)19(10)7-6-13(20)16-12-8-11(15(2,3)4)17-18(12)5/h8-9H,6-7H2,1-5H3,(H,16,20). The van der Waals surface area contributed by atoms with E-state index in [0.29, 0.717) is 12.4 Å². The first kappa shape index (κ1) is 16.5. The Hall–Kier alpha value is -1.89. The molecule has 0 saturated heterocycles. The van der Waals surface area contributed by atoms with Gasteiger partial charge in [0.2, 0.25) is 5.91 Å². The van der Waals surface area contributed by atoms with Crippen LogP contribution in [0.15, 0.2) is 16.2 Å². The van der Waals surface area contributed by atoms with Crippen LogP contribution >= 0.6 is 11.3 Å². The molecule has 2 aromatic rings. The molecule has 2 rings (SSSR count). The van der Waals surface area contributed by atoms with Crippen molar-refractivity contribution in [3.05, 3.63) is 32.5 Å². The van der Waals surface area contributed by atoms with Crippen LogP contribution in [0.1, 0.15) is 38.6 Å². The predicted molar refractivity (Wildman–Crippen MR) is 88.5 cm³/mol. The monoisotopic (exact) mass is 322 g/mol. The summed E-state index contributed by atoms with van der Waals surface area (Å²) >= 11 is 1.16. The van der Waals surface area contributed by atoms with Gasteiger partial charge in [-0.05, 0) is 6.92 Å². The van der Waals surface area contributed by atoms with Crippen molar-refractivity contribution >= 4 is 23.1 Å². The van der Waals surface area contributed by atoms with Crippen molar-refractivity contribution in [1.82, 2.24) is 14.3 Å². The summed E-state index contributed by atoms with van der Waals surface area (Å²) in [4.78, 5) is 23.7. The quantitative estimate of drug-likeness (QED) is 0.939. The van der Waals surface area contributed by atoms with Gasteiger partial charge in [0, 0.05) is 42.6 Å². The summed E-state index contributed by atoms with van der Waals surface area (Å²) in [5.41, 5.74) is 1.75. The Morgan fingerprint density at radius 3 is 2.59 bits per heavy atom. The number of nitrogens with one attached hydrogen (secondary N) is 1. The molecular formula is C15H22N4O2S. The maximum Gasteiger partial charge on any atom is 0.307 e. The lowest BCUT2D eigenvalue weighted by Crippen LogP contribution is -2.21. The largest absolute Gasteiger partial charge is 0.311 e. The van der Waals surface area contributed by atoms with Gasteiger partial charge in [-0.15, -0.1) is 0 Å². The molecule has 7 heteroatoms. The summed E-state index contributed by atoms with van der Waals surface area (Å²) in [6, 6.07) is 1.89. The van der Waals surface area contributed by atoms with Crippen LogP contribution in [0, 0.1) is 6.92 Å². The van der Waals surface area contributed by atoms with Gasteiger partial charge in [-0.1, -0.05) is 32.1 Å². The highest BCUT2D eigenvalue weighted by atomic mass is 32.1. The number of rotatable bonds is 4. The second-order valence-electron chi connectivity index (χ2n) is 6.38. The number of hydrogen-bond donors (Lipinski definition) is 1. The highest BCUT2D eigenvalue weighted by Crippen LogP contribution is 2.23. The first-order valence-corrected chi connectivity index (χ1v) is 8.06. The van der Waals surface area contributed by atoms with E-state index in [-0.39, 0.29) is 22.6 Å². The molecule has 6 nitrogen and oxygen atoms in total. The van der Waals surface area contributed by atoms with Crippen molar-refractivity contribution in [2.75, 3.05) is 5.32 Å². The second kappa shape index (κ2) is 6.08. The van der Waals surface area contributed by atoms with Gasteiger partial charge in [0.1, 0.15) is 5.82 Å². The Labute approximate surface area is 133 Å². The molecule has 0 fully saturated rings. The van der Waals surface area contributed by atoms with Gasteiger partial charge in [0.15, 0.2) is 0 Å². The molecule has 1 amide bonds. The SMILES string of the molecule is Cc1csc(=O)n1CCC(=O)Nc1cc(C(C)(C)C)nn1C. The number of aryl methyl sites for hydroxylation is 2. The van der Waals surface area contributed by atoms with E-state index in [1.54, 1.807) is 21.7 Å². The third-order valence-corrected chi connectivity index (χ3v) is 4.34. The Morgan fingerprint density at radius 1 is 1.41 bits per heavy atom. The molecule has 0 aliphatic carbocycles. The van der Waals surface area contributed by atoms with E-state index in [1.807, 2.05) is 13.0 Å². The average molecular weight is 322 g/mol. The van der Waals surface area contributed by atoms with Crippen molar-refractivity contribution in [3.63, 3.8) is 0 Å². The molecule has 0 atom stereocenters. The molecule has 2 heterocycles. The smallest absolute Gasteiger partial charge is 0.307 e. The Morgan fingerprint density at radius 2 is 2.09 bits per heavy atom. The maximum atomic E-state index is 12.1. The minimum atomic E-state index is -0.124. The highest BCUT2D eigenvalue weighted by Gasteiger charge is 2.19. The van der Waals surface area contributed by atoms with Gasteiger partial charge in [-0.2, -0.15) is 5.10 Å². The van der Waals surface area contributed by atoms with E-state index >= 15 is 0 Å². The van der Waals surface area contributed by atoms with Gasteiger partial charge in [-0.25, -0.2) is 0 Å². The van der Waals surface area contributed by atoms with E-state index in [4.69, 9.17) is 0 Å². The van der Waals surface area contributed by atoms with Gasteiger partial charge in [-0.3, -0.25) is 14.3 Å². The summed E-state index contributed by atoms with van der Waals surface area (Å²) in [6.07, 6.45) is 0.257. The molecule has 120 valence electrons. The number of anilines is 1. The van der Waals surface area contributed by atoms with Crippen molar-refractivity contribution in [1.29, 1.82) is 0 Å². The summed E-state index contributed by atoms with van der Waals surface area (Å²) in [5.74, 6) is 0.547. The van der Waals surface area contributed by atoms with Crippen LogP contribution in [0.25, 0.3) is 0 Å². The lowest BCUT2D eigenvalue weighted by atomic mass is 9.92. The summed E-state index contributed by atoms with van der Waals surface area (Å²) in [7, 11) is 1.80. The highest BCUT2D eigenvalue weighted by molar-refractivity contribution is 7.07. The molecule has 0 spiro atoms. The van der Waals surface area contributed by atoms with Crippen LogP contribution in [0.4, 0.5) is 5.82 Å². The zero-order valence-electron chi connectivity index (χ0n) is 13.6. The molecule has 0 aliphatic rings. The average Bonchev–Trinajstić information content (AvgIpc) is 2.92. The summed E-state index contributed by atoms with van der Waals surface area (Å²) < 4.78 is 3.29. The number of hydrogen-bond acceptors (Lipinski definition) is 4. The van der Waals surface area contributed by atoms with Crippen LogP contribution in [0.5, 0.6) is 0 Å². The number of amides is 1. The molecule has 0 unspecified atom stereocenters. The van der Waals surface area contributed by atoms with Crippen LogP contribution < -0.4 is 10.2 Å². The van der Waals surface area contributed by atoms with E-state index in [1.165, 1.54) is 0 Å². The number of carbonyl (C=O) groups excluding carboxylic acids is 1. The van der Waals surface area contributed by atoms with Crippen LogP contribution in [0.2, 0.25) is 0 Å². The third-order valence-electron chi connectivity index (χ3n) is 3.45. The van der Waals surface area contributed by atoms with Crippen LogP contribution in [-0.2, 0) is 23.8 Å². The normalized spacial score (nSPS) is 11.7. The molecule has 0 saturated carbocycles. The van der Waals surface area contributed by atoms with Gasteiger partial charge >= 0.3 is 4.87 Å². The topological polar surface area (TPSA) is 68.9 Å². The van der Waals surface area contributed by atoms with Crippen molar-refractivity contribution in [2.24, 2.45) is 7.05 Å². The first-order valence-electron chi connectivity index (χ1n) is 7.18. The molecule has 0 aromatic carbocycles. The molecule has 1 N–H and O–H groups in total. The van der Waals surface area contributed by atoms with E-state index in [9.17, 15) is 9.59 Å². The Kier molecular flexibility index (Phi) is 4.55. The second-order valence-corrected chi connectivity index (χ2v) is 7.20. The van der Waals surface area contributed by atoms with Gasteiger partial charge < -0.3 is 9.88 Å². The third kappa shape index (κ3) is 3.65. The van der Waals surface area contributed by atoms with E-state index in [2.05, 4.69) is 31.2 Å². The van der Waals surface area contributed by atoms with Crippen molar-refractivity contribution in [3.8, 4) is 0 Å². The number of nitrogens with zero attached hydrogens (tertiary/aromatic N) is 3. The Balaban J connectivity index is 2.01. The van der Waals surface area contributed by atoms with E-state index in [0.717, 1.165) is 22.7 Å². The summed E-state index contributed by atoms with van der Waals surface area (Å²) in [5, 5.41) is 9.08. The molecular weight excluding hydrogens is 300 g/mol. The number of thiazole rings is 1. The Bertz CT molecular complexity index is 734. The fourth-order valence-electron chi connectivity index (χ4n) is 2.04. The number of carbonyl (C=O) groups is 1. The lowest BCUT2D eigenvalue weighted by molar-refractivity contribution is -0.116. The van der Waals surface area contributed by atoms with Crippen LogP contribution in [0.3, 0.4) is 0 Å². The van der Waals surface area contributed by atoms with Gasteiger partial charge in [0.25, 0.3) is 0 Å². The lowest BCUT2D eigenvalue weighted by Gasteiger charge is -2.13. The molecule has 0 aliphatic heterocycles.